The summed E-state index contributed by atoms with van der Waals surface area (Å²) in [5.41, 5.74) is 1.23. The van der Waals surface area contributed by atoms with Crippen molar-refractivity contribution in [3.8, 4) is 0 Å². The molecule has 0 spiro atoms. The number of carbonyl (C=O) groups is 9. The molecule has 0 aliphatic carbocycles. The maximum Gasteiger partial charge on any atom is 0.264 e. The first-order valence-corrected chi connectivity index (χ1v) is 29.3. The van der Waals surface area contributed by atoms with Crippen LogP contribution in [0, 0.1) is 0 Å². The van der Waals surface area contributed by atoms with E-state index < -0.39 is 59.3 Å². The lowest BCUT2D eigenvalue weighted by Crippen LogP contribution is -2.54. The van der Waals surface area contributed by atoms with E-state index in [1.165, 1.54) is 6.07 Å². The fourth-order valence-electron chi connectivity index (χ4n) is 9.16. The zero-order chi connectivity index (χ0) is 61.0. The number of unbranched alkanes of at least 4 members (excludes halogenated alkanes) is 2. The van der Waals surface area contributed by atoms with E-state index in [2.05, 4.69) is 21.3 Å². The lowest BCUT2D eigenvalue weighted by molar-refractivity contribution is -0.137. The van der Waals surface area contributed by atoms with E-state index in [4.69, 9.17) is 61.6 Å². The van der Waals surface area contributed by atoms with Crippen molar-refractivity contribution in [2.45, 2.75) is 63.5 Å². The molecule has 28 heteroatoms. The van der Waals surface area contributed by atoms with Crippen LogP contribution in [0.1, 0.15) is 92.8 Å². The van der Waals surface area contributed by atoms with Crippen LogP contribution in [0.3, 0.4) is 0 Å². The second-order valence-electron chi connectivity index (χ2n) is 19.6. The van der Waals surface area contributed by atoms with Crippen LogP contribution >= 0.6 is 0 Å². The molecule has 2 aromatic rings. The van der Waals surface area contributed by atoms with Crippen molar-refractivity contribution >= 4 is 64.5 Å². The van der Waals surface area contributed by atoms with Gasteiger partial charge in [-0.1, -0.05) is 18.6 Å². The highest BCUT2D eigenvalue weighted by molar-refractivity contribution is 6.27. The number of carbonyl (C=O) groups excluding carboxylic acids is 9. The molecular formula is C58H82N6O22. The number of imide groups is 4. The highest BCUT2D eigenvalue weighted by Crippen LogP contribution is 2.34. The molecule has 0 radical (unpaired) electrons. The second kappa shape index (κ2) is 40.3. The van der Waals surface area contributed by atoms with Crippen LogP contribution in [0.4, 0.5) is 11.4 Å². The number of fused-ring (bicyclic) bond motifs is 2. The van der Waals surface area contributed by atoms with Gasteiger partial charge in [0, 0.05) is 38.1 Å². The highest BCUT2D eigenvalue weighted by atomic mass is 16.6. The van der Waals surface area contributed by atoms with E-state index in [-0.39, 0.29) is 66.0 Å². The smallest absolute Gasteiger partial charge is 0.264 e. The third-order valence-electron chi connectivity index (χ3n) is 13.4. The van der Waals surface area contributed by atoms with Crippen LogP contribution < -0.4 is 21.3 Å². The van der Waals surface area contributed by atoms with Crippen LogP contribution in [-0.4, -0.2) is 253 Å². The molecule has 4 heterocycles. The maximum absolute atomic E-state index is 13.2. The van der Waals surface area contributed by atoms with E-state index >= 15 is 0 Å². The molecule has 2 aromatic carbocycles. The Morgan fingerprint density at radius 1 is 0.395 bits per heavy atom. The van der Waals surface area contributed by atoms with Gasteiger partial charge < -0.3 is 72.2 Å². The fourth-order valence-corrected chi connectivity index (χ4v) is 9.16. The summed E-state index contributed by atoms with van der Waals surface area (Å²) in [6.45, 7) is 11.5. The molecule has 86 heavy (non-hydrogen) atoms. The summed E-state index contributed by atoms with van der Waals surface area (Å²) < 4.78 is 72.0. The molecule has 4 N–H and O–H groups in total. The van der Waals surface area contributed by atoms with E-state index in [0.29, 0.717) is 190 Å². The summed E-state index contributed by atoms with van der Waals surface area (Å²) in [6.07, 6.45) is 2.52. The van der Waals surface area contributed by atoms with Crippen LogP contribution in [0.5, 0.6) is 0 Å². The highest BCUT2D eigenvalue weighted by Gasteiger charge is 2.47. The Bertz CT molecular complexity index is 2500. The number of hydrogen-bond acceptors (Lipinski definition) is 23. The van der Waals surface area contributed by atoms with E-state index in [9.17, 15) is 43.2 Å². The first-order chi connectivity index (χ1) is 42.1. The quantitative estimate of drug-likeness (QED) is 0.0536. The average molecular weight is 1220 g/mol. The predicted molar refractivity (Wildman–Crippen MR) is 302 cm³/mol. The normalized spacial score (nSPS) is 16.7. The van der Waals surface area contributed by atoms with Gasteiger partial charge in [0.05, 0.1) is 193 Å². The maximum atomic E-state index is 13.2. The Balaban J connectivity index is 0.585. The number of anilines is 2. The topological polar surface area (TPSA) is 328 Å². The number of piperidine rings is 2. The minimum atomic E-state index is -1.09. The van der Waals surface area contributed by atoms with Crippen LogP contribution in [0.25, 0.3) is 0 Å². The number of nitrogens with one attached hydrogen (secondary N) is 4. The summed E-state index contributed by atoms with van der Waals surface area (Å²) >= 11 is 0. The lowest BCUT2D eigenvalue weighted by atomic mass is 10.0. The van der Waals surface area contributed by atoms with Crippen molar-refractivity contribution in [3.05, 3.63) is 58.7 Å². The van der Waals surface area contributed by atoms with E-state index in [0.717, 1.165) is 22.6 Å². The molecule has 2 atom stereocenters. The number of benzene rings is 2. The molecule has 28 nitrogen and oxygen atoms in total. The van der Waals surface area contributed by atoms with Gasteiger partial charge in [-0.05, 0) is 49.9 Å². The Morgan fingerprint density at radius 3 is 1.08 bits per heavy atom. The molecule has 2 saturated heterocycles. The van der Waals surface area contributed by atoms with Gasteiger partial charge >= 0.3 is 0 Å². The van der Waals surface area contributed by atoms with E-state index in [1.54, 1.807) is 30.3 Å². The van der Waals surface area contributed by atoms with Crippen molar-refractivity contribution in [1.82, 2.24) is 20.4 Å². The van der Waals surface area contributed by atoms with Crippen molar-refractivity contribution in [2.75, 3.05) is 189 Å². The van der Waals surface area contributed by atoms with E-state index in [1.807, 2.05) is 0 Å². The second-order valence-corrected chi connectivity index (χ2v) is 19.6. The molecule has 476 valence electrons. The van der Waals surface area contributed by atoms with Gasteiger partial charge in [0.2, 0.25) is 29.5 Å². The molecular weight excluding hydrogens is 1130 g/mol. The largest absolute Gasteiger partial charge is 0.382 e. The molecule has 0 bridgehead atoms. The summed E-state index contributed by atoms with van der Waals surface area (Å²) in [7, 11) is 0. The molecule has 9 amide bonds. The third-order valence-corrected chi connectivity index (χ3v) is 13.4. The summed E-state index contributed by atoms with van der Waals surface area (Å²) in [5.74, 6) is -4.97. The Labute approximate surface area is 499 Å². The summed E-state index contributed by atoms with van der Waals surface area (Å²) in [4.78, 5) is 115. The lowest BCUT2D eigenvalue weighted by Gasteiger charge is -2.27. The molecule has 0 saturated carbocycles. The monoisotopic (exact) mass is 1210 g/mol. The van der Waals surface area contributed by atoms with Crippen LogP contribution in [-0.2, 0) is 85.6 Å². The Hall–Kier alpha value is -6.25. The molecule has 2 fully saturated rings. The van der Waals surface area contributed by atoms with Crippen molar-refractivity contribution < 1.29 is 105 Å². The van der Waals surface area contributed by atoms with Crippen LogP contribution in [0.2, 0.25) is 0 Å². The van der Waals surface area contributed by atoms with Crippen LogP contribution in [0.15, 0.2) is 36.4 Å². The molecule has 4 aliphatic rings. The van der Waals surface area contributed by atoms with Gasteiger partial charge in [0.25, 0.3) is 23.6 Å². The average Bonchev–Trinajstić information content (AvgIpc) is 2.08. The van der Waals surface area contributed by atoms with Crippen molar-refractivity contribution in [2.24, 2.45) is 0 Å². The zero-order valence-corrected chi connectivity index (χ0v) is 48.7. The van der Waals surface area contributed by atoms with Crippen molar-refractivity contribution in [1.29, 1.82) is 0 Å². The Kier molecular flexibility index (Phi) is 32.2. The minimum absolute atomic E-state index is 0.0188. The minimum Gasteiger partial charge on any atom is -0.382 e. The number of ether oxygens (including phenoxy) is 13. The number of nitrogens with zero attached hydrogens (tertiary/aromatic N) is 2. The van der Waals surface area contributed by atoms with Gasteiger partial charge in [0.15, 0.2) is 0 Å². The van der Waals surface area contributed by atoms with Gasteiger partial charge in [0.1, 0.15) is 12.1 Å². The van der Waals surface area contributed by atoms with Gasteiger partial charge in [-0.15, -0.1) is 0 Å². The number of hydrogen-bond donors (Lipinski definition) is 4. The molecule has 2 unspecified atom stereocenters. The predicted octanol–water partition coefficient (Wildman–Crippen LogP) is 1.32. The first-order valence-electron chi connectivity index (χ1n) is 29.3. The number of amides is 9. The summed E-state index contributed by atoms with van der Waals surface area (Å²) in [5, 5.41) is 10.2. The third kappa shape index (κ3) is 23.5. The standard InChI is InChI=1S/C58H82N6O22/c65-48(60-45-9-5-7-43-52(45)58(73)64(56(43)71)47-12-14-50(67)62-54(47)69)10-2-1-3-16-74-18-20-76-22-24-78-26-28-80-30-32-82-34-36-84-38-40-86-41-39-85-37-35-83-33-31-81-29-27-79-25-23-77-21-19-75-17-15-59-44-8-4-6-42-51(44)57(72)63(55(42)70)46-11-13-49(66)61-53(46)68/h4-9,46-47,59H,1-3,10-41H2,(H,60,65)(H,61,66,68)(H,62,67,69). The van der Waals surface area contributed by atoms with Crippen molar-refractivity contribution in [3.63, 3.8) is 0 Å². The zero-order valence-electron chi connectivity index (χ0n) is 48.7. The Morgan fingerprint density at radius 2 is 0.721 bits per heavy atom. The number of rotatable bonds is 49. The summed E-state index contributed by atoms with van der Waals surface area (Å²) in [6, 6.07) is 7.37. The van der Waals surface area contributed by atoms with Gasteiger partial charge in [-0.3, -0.25) is 63.6 Å². The van der Waals surface area contributed by atoms with Gasteiger partial charge in [-0.25, -0.2) is 0 Å². The molecule has 6 rings (SSSR count). The fraction of sp³-hybridized carbons (Fsp3) is 0.638. The molecule has 0 aromatic heterocycles. The SMILES string of the molecule is O=C1CCC(N2C(=O)c3cccc(NCCOCCOCCOCCOCCOCCOCCOCCOCCOCCOCCOCCOCCOCCCCCC(=O)Nc4cccc5c4C(=O)N(C4CCC(=O)NC4=O)C5=O)c3C2=O)C(=O)N1. The van der Waals surface area contributed by atoms with Gasteiger partial charge in [-0.2, -0.15) is 0 Å². The molecule has 4 aliphatic heterocycles. The first kappa shape index (κ1) is 68.9.